The number of rotatable bonds is 3. The molecular formula is C20H14ClFO3. The lowest BCUT2D eigenvalue weighted by molar-refractivity contribution is 0.103. The standard InChI is InChI=1S/C13H9FO.C7H5ClO2/c14-12-9-5-4-8-11(12)13(15)10-6-2-1-3-7-10;8-7(10)5-3-1-2-4-6(5)9/h1-9H;1-4,9H. The molecule has 0 aliphatic rings. The maximum absolute atomic E-state index is 13.3. The normalized spacial score (nSPS) is 9.68. The monoisotopic (exact) mass is 356 g/mol. The van der Waals surface area contributed by atoms with Gasteiger partial charge in [0.25, 0.3) is 5.24 Å². The van der Waals surface area contributed by atoms with Gasteiger partial charge >= 0.3 is 0 Å². The van der Waals surface area contributed by atoms with Gasteiger partial charge in [-0.2, -0.15) is 0 Å². The number of ketones is 1. The lowest BCUT2D eigenvalue weighted by Crippen LogP contribution is -2.03. The van der Waals surface area contributed by atoms with Gasteiger partial charge in [0, 0.05) is 5.56 Å². The molecular weight excluding hydrogens is 343 g/mol. The van der Waals surface area contributed by atoms with Crippen LogP contribution in [0.2, 0.25) is 0 Å². The second-order valence-corrected chi connectivity index (χ2v) is 5.31. The molecule has 0 radical (unpaired) electrons. The van der Waals surface area contributed by atoms with Gasteiger partial charge in [-0.25, -0.2) is 4.39 Å². The summed E-state index contributed by atoms with van der Waals surface area (Å²) in [5.74, 6) is -0.845. The largest absolute Gasteiger partial charge is 0.507 e. The highest BCUT2D eigenvalue weighted by Crippen LogP contribution is 2.17. The highest BCUT2D eigenvalue weighted by molar-refractivity contribution is 6.68. The first-order valence-corrected chi connectivity index (χ1v) is 7.70. The molecule has 0 amide bonds. The van der Waals surface area contributed by atoms with Gasteiger partial charge in [-0.15, -0.1) is 0 Å². The maximum atomic E-state index is 13.3. The Morgan fingerprint density at radius 2 is 1.28 bits per heavy atom. The van der Waals surface area contributed by atoms with Gasteiger partial charge < -0.3 is 5.11 Å². The lowest BCUT2D eigenvalue weighted by atomic mass is 10.0. The van der Waals surface area contributed by atoms with Gasteiger partial charge in [0.2, 0.25) is 0 Å². The molecule has 0 fully saturated rings. The Morgan fingerprint density at radius 3 is 1.80 bits per heavy atom. The quantitative estimate of drug-likeness (QED) is 0.540. The van der Waals surface area contributed by atoms with Crippen LogP contribution in [0.5, 0.6) is 5.75 Å². The zero-order valence-corrected chi connectivity index (χ0v) is 13.8. The Bertz CT molecular complexity index is 879. The Labute approximate surface area is 149 Å². The Kier molecular flexibility index (Phi) is 6.43. The molecule has 0 aliphatic heterocycles. The van der Waals surface area contributed by atoms with Crippen molar-refractivity contribution in [3.63, 3.8) is 0 Å². The fourth-order valence-electron chi connectivity index (χ4n) is 2.03. The van der Waals surface area contributed by atoms with Crippen LogP contribution in [-0.2, 0) is 0 Å². The highest BCUT2D eigenvalue weighted by atomic mass is 35.5. The zero-order chi connectivity index (χ0) is 18.2. The number of benzene rings is 3. The van der Waals surface area contributed by atoms with Crippen molar-refractivity contribution in [2.45, 2.75) is 0 Å². The number of phenols is 1. The van der Waals surface area contributed by atoms with E-state index in [1.807, 2.05) is 6.07 Å². The van der Waals surface area contributed by atoms with E-state index < -0.39 is 11.1 Å². The molecule has 3 aromatic rings. The average Bonchev–Trinajstić information content (AvgIpc) is 2.63. The van der Waals surface area contributed by atoms with E-state index >= 15 is 0 Å². The van der Waals surface area contributed by atoms with Crippen molar-refractivity contribution in [2.24, 2.45) is 0 Å². The van der Waals surface area contributed by atoms with Crippen LogP contribution in [0, 0.1) is 5.82 Å². The molecule has 0 bridgehead atoms. The summed E-state index contributed by atoms with van der Waals surface area (Å²) in [5, 5.41) is 8.33. The van der Waals surface area contributed by atoms with E-state index in [0.717, 1.165) is 0 Å². The summed E-state index contributed by atoms with van der Waals surface area (Å²) >= 11 is 5.11. The number of carbonyl (C=O) groups is 2. The molecule has 0 heterocycles. The van der Waals surface area contributed by atoms with Crippen LogP contribution in [0.25, 0.3) is 0 Å². The minimum Gasteiger partial charge on any atom is -0.507 e. The smallest absolute Gasteiger partial charge is 0.256 e. The van der Waals surface area contributed by atoms with Crippen LogP contribution < -0.4 is 0 Å². The molecule has 0 aliphatic carbocycles. The van der Waals surface area contributed by atoms with Crippen LogP contribution in [-0.4, -0.2) is 16.1 Å². The van der Waals surface area contributed by atoms with Crippen molar-refractivity contribution in [3.8, 4) is 5.75 Å². The van der Waals surface area contributed by atoms with Crippen LogP contribution >= 0.6 is 11.6 Å². The van der Waals surface area contributed by atoms with E-state index in [0.29, 0.717) is 5.56 Å². The first kappa shape index (κ1) is 18.4. The van der Waals surface area contributed by atoms with Crippen molar-refractivity contribution in [1.82, 2.24) is 0 Å². The van der Waals surface area contributed by atoms with E-state index in [4.69, 9.17) is 16.7 Å². The van der Waals surface area contributed by atoms with E-state index in [2.05, 4.69) is 0 Å². The summed E-state index contributed by atoms with van der Waals surface area (Å²) in [6.45, 7) is 0. The predicted octanol–water partition coefficient (Wildman–Crippen LogP) is 4.83. The second kappa shape index (κ2) is 8.76. The van der Waals surface area contributed by atoms with E-state index in [9.17, 15) is 14.0 Å². The highest BCUT2D eigenvalue weighted by Gasteiger charge is 2.12. The van der Waals surface area contributed by atoms with Crippen molar-refractivity contribution in [2.75, 3.05) is 0 Å². The molecule has 3 rings (SSSR count). The van der Waals surface area contributed by atoms with E-state index in [1.165, 1.54) is 24.3 Å². The molecule has 5 heteroatoms. The fraction of sp³-hybridized carbons (Fsp3) is 0. The molecule has 3 aromatic carbocycles. The van der Waals surface area contributed by atoms with Crippen LogP contribution in [0.1, 0.15) is 26.3 Å². The summed E-state index contributed by atoms with van der Waals surface area (Å²) in [6.07, 6.45) is 0. The van der Waals surface area contributed by atoms with E-state index in [1.54, 1.807) is 48.5 Å². The molecule has 0 saturated heterocycles. The molecule has 126 valence electrons. The summed E-state index contributed by atoms with van der Waals surface area (Å²) in [7, 11) is 0. The van der Waals surface area contributed by atoms with E-state index in [-0.39, 0.29) is 22.7 Å². The number of para-hydroxylation sites is 1. The van der Waals surface area contributed by atoms with Crippen molar-refractivity contribution >= 4 is 22.6 Å². The van der Waals surface area contributed by atoms with Gasteiger partial charge in [0.05, 0.1) is 11.1 Å². The van der Waals surface area contributed by atoms with Gasteiger partial charge in [-0.3, -0.25) is 9.59 Å². The van der Waals surface area contributed by atoms with Crippen LogP contribution in [0.3, 0.4) is 0 Å². The Balaban J connectivity index is 0.000000196. The number of phenolic OH excluding ortho intramolecular Hbond substituents is 1. The van der Waals surface area contributed by atoms with Gasteiger partial charge in [0.15, 0.2) is 5.78 Å². The van der Waals surface area contributed by atoms with Gasteiger partial charge in [0.1, 0.15) is 11.6 Å². The Hall–Kier alpha value is -2.98. The molecule has 25 heavy (non-hydrogen) atoms. The van der Waals surface area contributed by atoms with Gasteiger partial charge in [-0.1, -0.05) is 54.6 Å². The number of aromatic hydroxyl groups is 1. The minimum atomic E-state index is -0.641. The number of halogens is 2. The molecule has 1 N–H and O–H groups in total. The predicted molar refractivity (Wildman–Crippen MR) is 94.6 cm³/mol. The topological polar surface area (TPSA) is 54.4 Å². The van der Waals surface area contributed by atoms with Crippen molar-refractivity contribution in [3.05, 3.63) is 101 Å². The summed E-state index contributed by atoms with van der Waals surface area (Å²) in [5.41, 5.74) is 0.760. The number of hydrogen-bond donors (Lipinski definition) is 1. The first-order valence-electron chi connectivity index (χ1n) is 7.33. The molecule has 0 saturated carbocycles. The third-order valence-electron chi connectivity index (χ3n) is 3.27. The first-order chi connectivity index (χ1) is 12.0. The third-order valence-corrected chi connectivity index (χ3v) is 3.47. The zero-order valence-electron chi connectivity index (χ0n) is 13.0. The second-order valence-electron chi connectivity index (χ2n) is 4.97. The number of carbonyl (C=O) groups excluding carboxylic acids is 2. The summed E-state index contributed by atoms with van der Waals surface area (Å²) < 4.78 is 13.3. The third kappa shape index (κ3) is 4.99. The van der Waals surface area contributed by atoms with Crippen LogP contribution in [0.15, 0.2) is 78.9 Å². The van der Waals surface area contributed by atoms with Crippen molar-refractivity contribution < 1.29 is 19.1 Å². The molecule has 0 aromatic heterocycles. The maximum Gasteiger partial charge on any atom is 0.256 e. The molecule has 0 unspecified atom stereocenters. The number of hydrogen-bond acceptors (Lipinski definition) is 3. The Morgan fingerprint density at radius 1 is 0.760 bits per heavy atom. The summed E-state index contributed by atoms with van der Waals surface area (Å²) in [4.78, 5) is 22.3. The van der Waals surface area contributed by atoms with Crippen LogP contribution in [0.4, 0.5) is 4.39 Å². The van der Waals surface area contributed by atoms with Gasteiger partial charge in [-0.05, 0) is 35.9 Å². The van der Waals surface area contributed by atoms with Crippen molar-refractivity contribution in [1.29, 1.82) is 0 Å². The fourth-order valence-corrected chi connectivity index (χ4v) is 2.19. The lowest BCUT2D eigenvalue weighted by Gasteiger charge is -2.01. The SMILES string of the molecule is O=C(Cl)c1ccccc1O.O=C(c1ccccc1)c1ccccc1F. The summed E-state index contributed by atoms with van der Waals surface area (Å²) in [6, 6.07) is 20.8. The molecule has 0 spiro atoms. The average molecular weight is 357 g/mol. The molecule has 0 atom stereocenters. The molecule has 3 nitrogen and oxygen atoms in total. The minimum absolute atomic E-state index is 0.0810.